The van der Waals surface area contributed by atoms with Crippen molar-refractivity contribution in [3.63, 3.8) is 0 Å². The van der Waals surface area contributed by atoms with Gasteiger partial charge in [0, 0.05) is 44.2 Å². The molecule has 0 aliphatic rings. The van der Waals surface area contributed by atoms with Crippen LogP contribution in [0.15, 0.2) is 77.6 Å². The number of nitrogens with zero attached hydrogens (tertiary/aromatic N) is 1. The first-order valence-corrected chi connectivity index (χ1v) is 11.8. The highest BCUT2D eigenvalue weighted by Gasteiger charge is 2.23. The Kier molecular flexibility index (Phi) is 7.22. The Bertz CT molecular complexity index is 1380. The van der Waals surface area contributed by atoms with Crippen molar-refractivity contribution in [2.45, 2.75) is 32.9 Å². The average Bonchev–Trinajstić information content (AvgIpc) is 2.83. The molecule has 1 heterocycles. The van der Waals surface area contributed by atoms with Crippen molar-refractivity contribution in [2.75, 3.05) is 0 Å². The summed E-state index contributed by atoms with van der Waals surface area (Å²) in [5.41, 5.74) is 10.5. The molecule has 1 unspecified atom stereocenters. The Hall–Kier alpha value is -2.92. The van der Waals surface area contributed by atoms with Crippen molar-refractivity contribution in [1.82, 2.24) is 4.57 Å². The van der Waals surface area contributed by atoms with Crippen LogP contribution in [0.5, 0.6) is 0 Å². The lowest BCUT2D eigenvalue weighted by Crippen LogP contribution is -2.27. The summed E-state index contributed by atoms with van der Waals surface area (Å²) in [6.07, 6.45) is 0.312. The Balaban J connectivity index is 1.94. The standard InChI is InChI=1S/C28H25Cl2FN2O/c1-17-21(15-26(32)19-9-4-3-5-10-19)28(34)27(20-11-6-7-14-25(20)31)18(2)33(17)16-22-23(29)12-8-13-24(22)30/h3-14,26H,15-16,32H2,1-2H3. The predicted octanol–water partition coefficient (Wildman–Crippen LogP) is 6.87. The fourth-order valence-electron chi connectivity index (χ4n) is 4.37. The van der Waals surface area contributed by atoms with Crippen molar-refractivity contribution in [1.29, 1.82) is 0 Å². The first kappa shape index (κ1) is 24.2. The molecule has 4 rings (SSSR count). The molecular weight excluding hydrogens is 470 g/mol. The van der Waals surface area contributed by atoms with E-state index < -0.39 is 5.82 Å². The number of nitrogens with two attached hydrogens (primary N) is 1. The summed E-state index contributed by atoms with van der Waals surface area (Å²) in [7, 11) is 0. The molecule has 34 heavy (non-hydrogen) atoms. The second-order valence-electron chi connectivity index (χ2n) is 8.34. The number of halogens is 3. The van der Waals surface area contributed by atoms with Gasteiger partial charge in [-0.3, -0.25) is 4.79 Å². The lowest BCUT2D eigenvalue weighted by Gasteiger charge is -2.24. The van der Waals surface area contributed by atoms with E-state index in [2.05, 4.69) is 0 Å². The van der Waals surface area contributed by atoms with Crippen LogP contribution in [0, 0.1) is 19.7 Å². The van der Waals surface area contributed by atoms with Gasteiger partial charge in [0.25, 0.3) is 0 Å². The van der Waals surface area contributed by atoms with Crippen molar-refractivity contribution < 1.29 is 4.39 Å². The topological polar surface area (TPSA) is 48.0 Å². The van der Waals surface area contributed by atoms with Crippen LogP contribution < -0.4 is 11.2 Å². The SMILES string of the molecule is Cc1c(CC(N)c2ccccc2)c(=O)c(-c2ccccc2F)c(C)n1Cc1c(Cl)cccc1Cl. The Morgan fingerprint density at radius 2 is 1.47 bits per heavy atom. The molecule has 2 N–H and O–H groups in total. The van der Waals surface area contributed by atoms with Crippen LogP contribution in [0.4, 0.5) is 4.39 Å². The molecule has 174 valence electrons. The van der Waals surface area contributed by atoms with Crippen LogP contribution in [-0.2, 0) is 13.0 Å². The average molecular weight is 495 g/mol. The normalized spacial score (nSPS) is 12.1. The van der Waals surface area contributed by atoms with Gasteiger partial charge in [-0.15, -0.1) is 0 Å². The minimum absolute atomic E-state index is 0.215. The molecule has 0 saturated heterocycles. The zero-order valence-corrected chi connectivity index (χ0v) is 20.5. The largest absolute Gasteiger partial charge is 0.344 e. The van der Waals surface area contributed by atoms with E-state index in [0.29, 0.717) is 39.8 Å². The van der Waals surface area contributed by atoms with Gasteiger partial charge in [0.1, 0.15) is 5.82 Å². The van der Waals surface area contributed by atoms with Crippen LogP contribution in [0.1, 0.15) is 34.1 Å². The highest BCUT2D eigenvalue weighted by atomic mass is 35.5. The first-order valence-electron chi connectivity index (χ1n) is 11.0. The number of hydrogen-bond donors (Lipinski definition) is 1. The molecule has 0 saturated carbocycles. The van der Waals surface area contributed by atoms with Gasteiger partial charge >= 0.3 is 0 Å². The van der Waals surface area contributed by atoms with Crippen LogP contribution in [0.3, 0.4) is 0 Å². The molecule has 1 atom stereocenters. The van der Waals surface area contributed by atoms with E-state index >= 15 is 0 Å². The molecule has 0 bridgehead atoms. The van der Waals surface area contributed by atoms with Crippen LogP contribution in [-0.4, -0.2) is 4.57 Å². The number of benzene rings is 3. The number of rotatable bonds is 6. The summed E-state index contributed by atoms with van der Waals surface area (Å²) >= 11 is 12.9. The summed E-state index contributed by atoms with van der Waals surface area (Å²) in [6.45, 7) is 4.05. The van der Waals surface area contributed by atoms with Crippen molar-refractivity contribution in [3.8, 4) is 11.1 Å². The van der Waals surface area contributed by atoms with Crippen LogP contribution >= 0.6 is 23.2 Å². The molecule has 0 radical (unpaired) electrons. The smallest absolute Gasteiger partial charge is 0.193 e. The van der Waals surface area contributed by atoms with Crippen molar-refractivity contribution in [2.24, 2.45) is 5.73 Å². The van der Waals surface area contributed by atoms with Crippen LogP contribution in [0.2, 0.25) is 10.0 Å². The first-order chi connectivity index (χ1) is 16.3. The molecule has 3 aromatic carbocycles. The summed E-state index contributed by atoms with van der Waals surface area (Å²) in [5, 5.41) is 1.06. The van der Waals surface area contributed by atoms with Gasteiger partial charge in [-0.2, -0.15) is 0 Å². The molecular formula is C28H25Cl2FN2O. The lowest BCUT2D eigenvalue weighted by molar-refractivity contribution is 0.629. The maximum Gasteiger partial charge on any atom is 0.193 e. The quantitative estimate of drug-likeness (QED) is 0.317. The fraction of sp³-hybridized carbons (Fsp3) is 0.179. The lowest BCUT2D eigenvalue weighted by atomic mass is 9.93. The number of hydrogen-bond acceptors (Lipinski definition) is 2. The van der Waals surface area contributed by atoms with Gasteiger partial charge in [0.15, 0.2) is 5.43 Å². The number of aromatic nitrogens is 1. The van der Waals surface area contributed by atoms with E-state index in [0.717, 1.165) is 16.8 Å². The molecule has 0 fully saturated rings. The third-order valence-corrected chi connectivity index (χ3v) is 6.99. The highest BCUT2D eigenvalue weighted by molar-refractivity contribution is 6.36. The Morgan fingerprint density at radius 3 is 2.12 bits per heavy atom. The summed E-state index contributed by atoms with van der Waals surface area (Å²) < 4.78 is 16.8. The predicted molar refractivity (Wildman–Crippen MR) is 138 cm³/mol. The van der Waals surface area contributed by atoms with E-state index in [1.807, 2.05) is 48.7 Å². The summed E-state index contributed by atoms with van der Waals surface area (Å²) in [6, 6.07) is 20.9. The second-order valence-corrected chi connectivity index (χ2v) is 9.16. The van der Waals surface area contributed by atoms with Gasteiger partial charge in [0.05, 0.1) is 12.1 Å². The number of pyridine rings is 1. The van der Waals surface area contributed by atoms with Gasteiger partial charge < -0.3 is 10.3 Å². The monoisotopic (exact) mass is 494 g/mol. The van der Waals surface area contributed by atoms with E-state index in [1.165, 1.54) is 6.07 Å². The van der Waals surface area contributed by atoms with Gasteiger partial charge in [-0.1, -0.05) is 77.8 Å². The molecule has 1 aromatic heterocycles. The molecule has 0 amide bonds. The summed E-state index contributed by atoms with van der Waals surface area (Å²) in [5.74, 6) is -0.452. The van der Waals surface area contributed by atoms with Gasteiger partial charge in [-0.05, 0) is 44.0 Å². The highest BCUT2D eigenvalue weighted by Crippen LogP contribution is 2.30. The fourth-order valence-corrected chi connectivity index (χ4v) is 4.88. The molecule has 0 spiro atoms. The Labute approximate surface area is 208 Å². The zero-order chi connectivity index (χ0) is 24.4. The molecule has 0 aliphatic heterocycles. The second kappa shape index (κ2) is 10.1. The molecule has 0 aliphatic carbocycles. The van der Waals surface area contributed by atoms with E-state index in [4.69, 9.17) is 28.9 Å². The minimum atomic E-state index is -0.452. The van der Waals surface area contributed by atoms with Gasteiger partial charge in [-0.25, -0.2) is 4.39 Å². The van der Waals surface area contributed by atoms with Gasteiger partial charge in [0.2, 0.25) is 0 Å². The van der Waals surface area contributed by atoms with E-state index in [-0.39, 0.29) is 17.0 Å². The minimum Gasteiger partial charge on any atom is -0.344 e. The maximum atomic E-state index is 14.9. The maximum absolute atomic E-state index is 14.9. The molecule has 3 nitrogen and oxygen atoms in total. The zero-order valence-electron chi connectivity index (χ0n) is 19.0. The van der Waals surface area contributed by atoms with Crippen molar-refractivity contribution in [3.05, 3.63) is 127 Å². The third-order valence-electron chi connectivity index (χ3n) is 6.28. The Morgan fingerprint density at radius 1 is 0.853 bits per heavy atom. The van der Waals surface area contributed by atoms with Crippen LogP contribution in [0.25, 0.3) is 11.1 Å². The molecule has 4 aromatic rings. The third kappa shape index (κ3) is 4.67. The molecule has 6 heteroatoms. The van der Waals surface area contributed by atoms with Crippen molar-refractivity contribution >= 4 is 23.2 Å². The van der Waals surface area contributed by atoms with E-state index in [1.54, 1.807) is 36.4 Å². The summed E-state index contributed by atoms with van der Waals surface area (Å²) in [4.78, 5) is 13.8. The van der Waals surface area contributed by atoms with E-state index in [9.17, 15) is 9.18 Å².